The van der Waals surface area contributed by atoms with Gasteiger partial charge in [0.2, 0.25) is 0 Å². The fourth-order valence-corrected chi connectivity index (χ4v) is 3.39. The van der Waals surface area contributed by atoms with Crippen LogP contribution < -0.4 is 9.64 Å². The van der Waals surface area contributed by atoms with Crippen LogP contribution in [0.5, 0.6) is 5.75 Å². The van der Waals surface area contributed by atoms with Gasteiger partial charge < -0.3 is 14.5 Å². The molecule has 132 valence electrons. The highest BCUT2D eigenvalue weighted by atomic mass is 16.5. The maximum atomic E-state index is 12.7. The number of amides is 2. The van der Waals surface area contributed by atoms with Gasteiger partial charge in [-0.2, -0.15) is 0 Å². The van der Waals surface area contributed by atoms with E-state index in [9.17, 15) is 14.4 Å². The number of likely N-dealkylation sites (N-methyl/N-ethyl adjacent to an activating group) is 1. The summed E-state index contributed by atoms with van der Waals surface area (Å²) < 4.78 is 5.57. The van der Waals surface area contributed by atoms with E-state index in [1.54, 1.807) is 43.1 Å². The van der Waals surface area contributed by atoms with Gasteiger partial charge in [0.15, 0.2) is 11.9 Å². The van der Waals surface area contributed by atoms with Crippen molar-refractivity contribution in [1.82, 2.24) is 4.90 Å². The maximum absolute atomic E-state index is 12.7. The van der Waals surface area contributed by atoms with Crippen LogP contribution in [0.25, 0.3) is 0 Å². The van der Waals surface area contributed by atoms with E-state index in [1.807, 2.05) is 18.2 Å². The number of ether oxygens (including phenoxy) is 1. The third-order valence-corrected chi connectivity index (χ3v) is 4.86. The highest BCUT2D eigenvalue weighted by Crippen LogP contribution is 2.34. The molecule has 0 fully saturated rings. The molecular formula is C20H18N2O4. The van der Waals surface area contributed by atoms with Gasteiger partial charge in [0.05, 0.1) is 12.2 Å². The fraction of sp³-hybridized carbons (Fsp3) is 0.250. The van der Waals surface area contributed by atoms with Crippen LogP contribution >= 0.6 is 0 Å². The number of Topliss-reactive ketones (excluding diaryl/α,β-unsaturated/α-hetero) is 1. The molecule has 0 aliphatic carbocycles. The van der Waals surface area contributed by atoms with Gasteiger partial charge in [0.1, 0.15) is 5.75 Å². The average molecular weight is 350 g/mol. The van der Waals surface area contributed by atoms with Crippen molar-refractivity contribution in [3.63, 3.8) is 0 Å². The molecule has 1 atom stereocenters. The first-order valence-corrected chi connectivity index (χ1v) is 8.44. The van der Waals surface area contributed by atoms with Gasteiger partial charge in [-0.05, 0) is 36.8 Å². The van der Waals surface area contributed by atoms with Gasteiger partial charge in [-0.25, -0.2) is 0 Å². The summed E-state index contributed by atoms with van der Waals surface area (Å²) in [5, 5.41) is 0. The molecule has 6 heteroatoms. The van der Waals surface area contributed by atoms with Gasteiger partial charge in [0.25, 0.3) is 11.8 Å². The first-order valence-electron chi connectivity index (χ1n) is 8.44. The van der Waals surface area contributed by atoms with Crippen molar-refractivity contribution in [3.8, 4) is 5.75 Å². The van der Waals surface area contributed by atoms with Gasteiger partial charge in [-0.1, -0.05) is 18.2 Å². The third kappa shape index (κ3) is 2.54. The lowest BCUT2D eigenvalue weighted by Gasteiger charge is -2.30. The molecule has 2 aliphatic heterocycles. The third-order valence-electron chi connectivity index (χ3n) is 4.86. The van der Waals surface area contributed by atoms with E-state index in [1.165, 1.54) is 4.90 Å². The summed E-state index contributed by atoms with van der Waals surface area (Å²) in [6.07, 6.45) is -0.547. The van der Waals surface area contributed by atoms with E-state index < -0.39 is 6.10 Å². The smallest absolute Gasteiger partial charge is 0.267 e. The van der Waals surface area contributed by atoms with Crippen LogP contribution in [0.4, 0.5) is 5.69 Å². The van der Waals surface area contributed by atoms with Crippen molar-refractivity contribution in [2.75, 3.05) is 18.5 Å². The van der Waals surface area contributed by atoms with Crippen molar-refractivity contribution < 1.29 is 19.1 Å². The minimum atomic E-state index is -0.547. The Kier molecular flexibility index (Phi) is 3.76. The van der Waals surface area contributed by atoms with E-state index in [0.717, 1.165) is 5.56 Å². The number of ketones is 1. The molecule has 0 bridgehead atoms. The molecule has 1 unspecified atom stereocenters. The lowest BCUT2D eigenvalue weighted by atomic mass is 10.1. The zero-order chi connectivity index (χ0) is 18.4. The zero-order valence-electron chi connectivity index (χ0n) is 14.6. The van der Waals surface area contributed by atoms with Gasteiger partial charge in [-0.3, -0.25) is 14.4 Å². The number of carbonyl (C=O) groups is 3. The number of rotatable bonds is 3. The fourth-order valence-electron chi connectivity index (χ4n) is 3.39. The summed E-state index contributed by atoms with van der Waals surface area (Å²) in [7, 11) is 1.66. The van der Waals surface area contributed by atoms with Crippen LogP contribution in [0.3, 0.4) is 0 Å². The number of nitrogens with zero attached hydrogens (tertiary/aromatic N) is 2. The summed E-state index contributed by atoms with van der Waals surface area (Å²) >= 11 is 0. The molecule has 0 radical (unpaired) electrons. The summed E-state index contributed by atoms with van der Waals surface area (Å²) in [5.41, 5.74) is 2.60. The molecule has 2 aliphatic rings. The van der Waals surface area contributed by atoms with Crippen LogP contribution in [0.1, 0.15) is 33.2 Å². The van der Waals surface area contributed by atoms with Gasteiger partial charge in [0, 0.05) is 24.7 Å². The highest BCUT2D eigenvalue weighted by molar-refractivity contribution is 6.06. The van der Waals surface area contributed by atoms with Gasteiger partial charge >= 0.3 is 0 Å². The van der Waals surface area contributed by atoms with Crippen molar-refractivity contribution in [3.05, 3.63) is 59.2 Å². The Balaban J connectivity index is 1.55. The molecule has 0 saturated heterocycles. The van der Waals surface area contributed by atoms with Crippen molar-refractivity contribution in [2.24, 2.45) is 0 Å². The lowest BCUT2D eigenvalue weighted by molar-refractivity contribution is -0.125. The Morgan fingerprint density at radius 2 is 1.96 bits per heavy atom. The number of benzene rings is 2. The number of hydrogen-bond donors (Lipinski definition) is 0. The average Bonchev–Trinajstić information content (AvgIpc) is 2.95. The summed E-state index contributed by atoms with van der Waals surface area (Å²) in [4.78, 5) is 40.2. The Labute approximate surface area is 151 Å². The molecule has 2 heterocycles. The van der Waals surface area contributed by atoms with Crippen molar-refractivity contribution in [1.29, 1.82) is 0 Å². The molecule has 26 heavy (non-hydrogen) atoms. The lowest BCUT2D eigenvalue weighted by Crippen LogP contribution is -2.42. The van der Waals surface area contributed by atoms with E-state index >= 15 is 0 Å². The quantitative estimate of drug-likeness (QED) is 0.797. The largest absolute Gasteiger partial charge is 0.479 e. The minimum Gasteiger partial charge on any atom is -0.479 e. The monoisotopic (exact) mass is 350 g/mol. The van der Waals surface area contributed by atoms with E-state index in [0.29, 0.717) is 29.1 Å². The molecule has 0 N–H and O–H groups in total. The van der Waals surface area contributed by atoms with E-state index in [-0.39, 0.29) is 24.1 Å². The summed E-state index contributed by atoms with van der Waals surface area (Å²) in [6, 6.07) is 12.4. The molecular weight excluding hydrogens is 332 g/mol. The first-order chi connectivity index (χ1) is 12.5. The Morgan fingerprint density at radius 3 is 2.73 bits per heavy atom. The molecule has 2 amide bonds. The second-order valence-electron chi connectivity index (χ2n) is 6.58. The summed E-state index contributed by atoms with van der Waals surface area (Å²) in [6.45, 7) is 2.13. The van der Waals surface area contributed by atoms with Crippen LogP contribution in [-0.4, -0.2) is 42.2 Å². The number of carbonyl (C=O) groups excluding carboxylic acids is 3. The first kappa shape index (κ1) is 16.3. The van der Waals surface area contributed by atoms with Crippen LogP contribution in [0.15, 0.2) is 42.5 Å². The van der Waals surface area contributed by atoms with E-state index in [4.69, 9.17) is 4.74 Å². The zero-order valence-corrected chi connectivity index (χ0v) is 14.6. The normalized spacial score (nSPS) is 18.5. The maximum Gasteiger partial charge on any atom is 0.267 e. The van der Waals surface area contributed by atoms with Crippen molar-refractivity contribution >= 4 is 23.3 Å². The second-order valence-corrected chi connectivity index (χ2v) is 6.58. The topological polar surface area (TPSA) is 66.9 Å². The highest BCUT2D eigenvalue weighted by Gasteiger charge is 2.31. The molecule has 4 rings (SSSR count). The van der Waals surface area contributed by atoms with Crippen LogP contribution in [-0.2, 0) is 11.3 Å². The number of hydrogen-bond acceptors (Lipinski definition) is 4. The van der Waals surface area contributed by atoms with E-state index in [2.05, 4.69) is 0 Å². The Bertz CT molecular complexity index is 937. The van der Waals surface area contributed by atoms with Crippen LogP contribution in [0.2, 0.25) is 0 Å². The standard InChI is InChI=1S/C20H18N2O4/c1-12-19(24)21(2)16-9-13(7-8-18(16)26-12)17(23)11-22-10-14-5-3-4-6-15(14)20(22)25/h3-9,12H,10-11H2,1-2H3. The molecule has 2 aromatic carbocycles. The number of fused-ring (bicyclic) bond motifs is 2. The molecule has 0 spiro atoms. The number of anilines is 1. The SMILES string of the molecule is CC1Oc2ccc(C(=O)CN3Cc4ccccc4C3=O)cc2N(C)C1=O. The predicted molar refractivity (Wildman–Crippen MR) is 95.5 cm³/mol. The Hall–Kier alpha value is -3.15. The van der Waals surface area contributed by atoms with Crippen LogP contribution in [0, 0.1) is 0 Å². The minimum absolute atomic E-state index is 0.00121. The Morgan fingerprint density at radius 1 is 1.19 bits per heavy atom. The van der Waals surface area contributed by atoms with Crippen molar-refractivity contribution in [2.45, 2.75) is 19.6 Å². The van der Waals surface area contributed by atoms with Gasteiger partial charge in [-0.15, -0.1) is 0 Å². The predicted octanol–water partition coefficient (Wildman–Crippen LogP) is 2.27. The summed E-state index contributed by atoms with van der Waals surface area (Å²) in [5.74, 6) is 0.109. The molecule has 0 aromatic heterocycles. The second kappa shape index (κ2) is 5.98. The molecule has 2 aromatic rings. The molecule has 6 nitrogen and oxygen atoms in total. The molecule has 0 saturated carbocycles.